The molecule has 1 heterocycles. The summed E-state index contributed by atoms with van der Waals surface area (Å²) in [4.78, 5) is 0. The Bertz CT molecular complexity index is 668. The predicted octanol–water partition coefficient (Wildman–Crippen LogP) is 3.36. The van der Waals surface area contributed by atoms with Crippen molar-refractivity contribution in [1.29, 1.82) is 0 Å². The molecule has 1 aliphatic rings. The van der Waals surface area contributed by atoms with E-state index in [1.54, 1.807) is 12.1 Å². The van der Waals surface area contributed by atoms with Gasteiger partial charge in [-0.2, -0.15) is 0 Å². The van der Waals surface area contributed by atoms with Crippen molar-refractivity contribution in [3.05, 3.63) is 41.1 Å². The highest BCUT2D eigenvalue weighted by Gasteiger charge is 2.20. The van der Waals surface area contributed by atoms with E-state index in [2.05, 4.69) is 9.88 Å². The van der Waals surface area contributed by atoms with Gasteiger partial charge >= 0.3 is 0 Å². The molecule has 3 rings (SSSR count). The van der Waals surface area contributed by atoms with E-state index in [0.29, 0.717) is 0 Å². The lowest BCUT2D eigenvalue weighted by Crippen LogP contribution is -2.22. The van der Waals surface area contributed by atoms with Crippen LogP contribution in [0, 0.1) is 16.5 Å². The van der Waals surface area contributed by atoms with E-state index in [-0.39, 0.29) is 5.82 Å². The Balaban J connectivity index is 1.71. The highest BCUT2D eigenvalue weighted by molar-refractivity contribution is 7.71. The minimum Gasteiger partial charge on any atom is -0.322 e. The largest absolute Gasteiger partial charge is 0.322 e. The van der Waals surface area contributed by atoms with Gasteiger partial charge in [0.1, 0.15) is 5.82 Å². The summed E-state index contributed by atoms with van der Waals surface area (Å²) in [5, 5.41) is 3.47. The van der Waals surface area contributed by atoms with Crippen molar-refractivity contribution in [2.75, 3.05) is 13.1 Å². The van der Waals surface area contributed by atoms with Gasteiger partial charge in [0.2, 0.25) is 0 Å². The molecule has 2 aromatic rings. The van der Waals surface area contributed by atoms with Crippen LogP contribution in [-0.2, 0) is 13.6 Å². The third-order valence-electron chi connectivity index (χ3n) is 3.97. The highest BCUT2D eigenvalue weighted by atomic mass is 32.1. The van der Waals surface area contributed by atoms with Crippen molar-refractivity contribution in [3.8, 4) is 11.3 Å². The number of nitrogens with one attached hydrogen (secondary N) is 1. The Labute approximate surface area is 129 Å². The van der Waals surface area contributed by atoms with Crippen LogP contribution < -0.4 is 5.32 Å². The van der Waals surface area contributed by atoms with Crippen LogP contribution in [0.25, 0.3) is 11.3 Å². The fraction of sp³-hybridized carbons (Fsp3) is 0.438. The highest BCUT2D eigenvalue weighted by Crippen LogP contribution is 2.27. The summed E-state index contributed by atoms with van der Waals surface area (Å²) in [6.45, 7) is 2.91. The van der Waals surface area contributed by atoms with Crippen molar-refractivity contribution in [2.24, 2.45) is 13.0 Å². The average molecular weight is 305 g/mol. The van der Waals surface area contributed by atoms with E-state index in [0.717, 1.165) is 41.6 Å². The number of hydrogen-bond acceptors (Lipinski definition) is 2. The zero-order chi connectivity index (χ0) is 14.8. The van der Waals surface area contributed by atoms with Gasteiger partial charge in [-0.3, -0.25) is 0 Å². The molecule has 1 fully saturated rings. The first-order chi connectivity index (χ1) is 10.1. The number of rotatable bonds is 6. The van der Waals surface area contributed by atoms with Crippen molar-refractivity contribution in [3.63, 3.8) is 0 Å². The monoisotopic (exact) mass is 305 g/mol. The van der Waals surface area contributed by atoms with Crippen molar-refractivity contribution < 1.29 is 4.39 Å². The summed E-state index contributed by atoms with van der Waals surface area (Å²) in [6.07, 6.45) is 4.79. The van der Waals surface area contributed by atoms with Gasteiger partial charge in [0.05, 0.1) is 5.69 Å². The summed E-state index contributed by atoms with van der Waals surface area (Å²) < 4.78 is 17.9. The predicted molar refractivity (Wildman–Crippen MR) is 85.2 cm³/mol. The molecule has 1 aliphatic carbocycles. The molecule has 3 nitrogen and oxygen atoms in total. The van der Waals surface area contributed by atoms with Crippen LogP contribution in [0.4, 0.5) is 4.39 Å². The molecule has 0 bridgehead atoms. The number of imidazole rings is 1. The molecule has 1 aromatic carbocycles. The zero-order valence-electron chi connectivity index (χ0n) is 12.2. The summed E-state index contributed by atoms with van der Waals surface area (Å²) in [5.41, 5.74) is 2.00. The molecule has 0 saturated heterocycles. The minimum absolute atomic E-state index is 0.219. The average Bonchev–Trinajstić information content (AvgIpc) is 3.26. The van der Waals surface area contributed by atoms with E-state index in [9.17, 15) is 4.39 Å². The van der Waals surface area contributed by atoms with Gasteiger partial charge in [0.25, 0.3) is 0 Å². The molecule has 1 N–H and O–H groups in total. The van der Waals surface area contributed by atoms with Crippen LogP contribution in [0.15, 0.2) is 30.5 Å². The second-order valence-corrected chi connectivity index (χ2v) is 6.07. The lowest BCUT2D eigenvalue weighted by atomic mass is 10.2. The molecular formula is C16H20FN3S. The zero-order valence-corrected chi connectivity index (χ0v) is 13.0. The smallest absolute Gasteiger partial charge is 0.180 e. The molecule has 1 saturated carbocycles. The van der Waals surface area contributed by atoms with Crippen molar-refractivity contribution >= 4 is 12.2 Å². The Morgan fingerprint density at radius 1 is 1.29 bits per heavy atom. The molecule has 1 aromatic heterocycles. The van der Waals surface area contributed by atoms with Crippen LogP contribution in [-0.4, -0.2) is 22.2 Å². The maximum absolute atomic E-state index is 13.0. The van der Waals surface area contributed by atoms with Crippen LogP contribution in [0.3, 0.4) is 0 Å². The number of aromatic nitrogens is 2. The molecule has 0 atom stereocenters. The van der Waals surface area contributed by atoms with Gasteiger partial charge in [0.15, 0.2) is 4.77 Å². The lowest BCUT2D eigenvalue weighted by Gasteiger charge is -2.04. The molecule has 5 heteroatoms. The molecule has 0 aliphatic heterocycles. The number of benzene rings is 1. The summed E-state index contributed by atoms with van der Waals surface area (Å²) >= 11 is 5.48. The molecule has 0 spiro atoms. The minimum atomic E-state index is -0.219. The summed E-state index contributed by atoms with van der Waals surface area (Å²) in [5.74, 6) is 0.673. The fourth-order valence-electron chi connectivity index (χ4n) is 2.46. The number of hydrogen-bond donors (Lipinski definition) is 1. The van der Waals surface area contributed by atoms with Crippen LogP contribution in [0.1, 0.15) is 12.8 Å². The Morgan fingerprint density at radius 3 is 2.67 bits per heavy atom. The van der Waals surface area contributed by atoms with E-state index in [1.165, 1.54) is 25.0 Å². The van der Waals surface area contributed by atoms with E-state index >= 15 is 0 Å². The number of nitrogens with zero attached hydrogens (tertiary/aromatic N) is 2. The van der Waals surface area contributed by atoms with Gasteiger partial charge in [-0.25, -0.2) is 4.39 Å². The van der Waals surface area contributed by atoms with Gasteiger partial charge in [-0.05, 0) is 67.4 Å². The van der Waals surface area contributed by atoms with E-state index in [1.807, 2.05) is 17.8 Å². The SMILES string of the molecule is Cn1c(-c2ccc(F)cc2)cn(CCNCC2CC2)c1=S. The fourth-order valence-corrected chi connectivity index (χ4v) is 2.70. The van der Waals surface area contributed by atoms with Crippen LogP contribution >= 0.6 is 12.2 Å². The Morgan fingerprint density at radius 2 is 2.00 bits per heavy atom. The van der Waals surface area contributed by atoms with E-state index in [4.69, 9.17) is 12.2 Å². The quantitative estimate of drug-likeness (QED) is 0.653. The Kier molecular flexibility index (Phi) is 4.22. The standard InChI is InChI=1S/C16H20FN3S/c1-19-15(13-4-6-14(17)7-5-13)11-20(16(19)21)9-8-18-10-12-2-3-12/h4-7,11-12,18H,2-3,8-10H2,1H3. The second kappa shape index (κ2) is 6.12. The van der Waals surface area contributed by atoms with Gasteiger partial charge < -0.3 is 14.5 Å². The van der Waals surface area contributed by atoms with Gasteiger partial charge in [-0.1, -0.05) is 0 Å². The van der Waals surface area contributed by atoms with Gasteiger partial charge in [-0.15, -0.1) is 0 Å². The molecule has 21 heavy (non-hydrogen) atoms. The molecule has 0 amide bonds. The third kappa shape index (κ3) is 3.41. The maximum Gasteiger partial charge on any atom is 0.180 e. The molecular weight excluding hydrogens is 285 g/mol. The normalized spacial score (nSPS) is 14.6. The van der Waals surface area contributed by atoms with Gasteiger partial charge in [0, 0.05) is 26.3 Å². The first kappa shape index (κ1) is 14.5. The third-order valence-corrected chi connectivity index (χ3v) is 4.48. The van der Waals surface area contributed by atoms with Crippen LogP contribution in [0.5, 0.6) is 0 Å². The summed E-state index contributed by atoms with van der Waals surface area (Å²) in [7, 11) is 1.95. The number of halogens is 1. The topological polar surface area (TPSA) is 21.9 Å². The van der Waals surface area contributed by atoms with Crippen LogP contribution in [0.2, 0.25) is 0 Å². The van der Waals surface area contributed by atoms with Crippen molar-refractivity contribution in [2.45, 2.75) is 19.4 Å². The van der Waals surface area contributed by atoms with Crippen molar-refractivity contribution in [1.82, 2.24) is 14.5 Å². The molecule has 0 unspecified atom stereocenters. The molecule has 0 radical (unpaired) electrons. The first-order valence-electron chi connectivity index (χ1n) is 7.38. The first-order valence-corrected chi connectivity index (χ1v) is 7.79. The van der Waals surface area contributed by atoms with E-state index < -0.39 is 0 Å². The Hall–Kier alpha value is -1.46. The second-order valence-electron chi connectivity index (χ2n) is 5.70. The molecule has 112 valence electrons. The maximum atomic E-state index is 13.0. The lowest BCUT2D eigenvalue weighted by molar-refractivity contribution is 0.568. The summed E-state index contributed by atoms with van der Waals surface area (Å²) in [6, 6.07) is 6.53.